The second kappa shape index (κ2) is 11.0. The van der Waals surface area contributed by atoms with Gasteiger partial charge in [-0.05, 0) is 86.0 Å². The van der Waals surface area contributed by atoms with E-state index in [9.17, 15) is 18.0 Å². The van der Waals surface area contributed by atoms with Crippen LogP contribution in [0, 0.1) is 5.92 Å². The molecular weight excluding hydrogens is 502 g/mol. The highest BCUT2D eigenvalue weighted by atomic mass is 35.5. The standard InChI is InChI=1S/C26H32ClN3O5S/c1-16(2)6-11-23(31)29-30-36(33,34)22-10-8-19(27)15-20(22)24(25(32)35-26(3,4)5)18-7-9-21-17(14-18)12-13-28-21/h7-10,12-16,24,28,30H,6,11H2,1-5H3,(H,29,31). The van der Waals surface area contributed by atoms with Crippen molar-refractivity contribution in [1.29, 1.82) is 0 Å². The van der Waals surface area contributed by atoms with E-state index in [1.54, 1.807) is 39.1 Å². The van der Waals surface area contributed by atoms with Crippen LogP contribution in [-0.4, -0.2) is 30.9 Å². The molecular formula is C26H32ClN3O5S. The SMILES string of the molecule is CC(C)CCC(=O)NNS(=O)(=O)c1ccc(Cl)cc1C(C(=O)OC(C)(C)C)c1ccc2[nH]ccc2c1. The number of hydrogen-bond acceptors (Lipinski definition) is 5. The highest BCUT2D eigenvalue weighted by Crippen LogP contribution is 2.35. The molecule has 0 bridgehead atoms. The number of aromatic nitrogens is 1. The van der Waals surface area contributed by atoms with E-state index in [0.29, 0.717) is 17.9 Å². The lowest BCUT2D eigenvalue weighted by Gasteiger charge is -2.26. The topological polar surface area (TPSA) is 117 Å². The van der Waals surface area contributed by atoms with Gasteiger partial charge in [-0.3, -0.25) is 15.0 Å². The molecule has 0 aliphatic carbocycles. The van der Waals surface area contributed by atoms with Gasteiger partial charge in [0, 0.05) is 23.2 Å². The van der Waals surface area contributed by atoms with Crippen molar-refractivity contribution in [3.05, 3.63) is 64.8 Å². The summed E-state index contributed by atoms with van der Waals surface area (Å²) in [5.74, 6) is -1.88. The number of esters is 1. The summed E-state index contributed by atoms with van der Waals surface area (Å²) in [5, 5.41) is 1.10. The first-order chi connectivity index (χ1) is 16.8. The Balaban J connectivity index is 2.06. The molecule has 36 heavy (non-hydrogen) atoms. The molecule has 10 heteroatoms. The Morgan fingerprint density at radius 1 is 1.08 bits per heavy atom. The summed E-state index contributed by atoms with van der Waals surface area (Å²) in [5.41, 5.74) is 2.98. The van der Waals surface area contributed by atoms with E-state index in [-0.39, 0.29) is 21.9 Å². The van der Waals surface area contributed by atoms with E-state index in [0.717, 1.165) is 10.9 Å². The average molecular weight is 534 g/mol. The minimum absolute atomic E-state index is 0.135. The number of carbonyl (C=O) groups excluding carboxylic acids is 2. The van der Waals surface area contributed by atoms with Crippen LogP contribution in [-0.2, 0) is 24.3 Å². The molecule has 0 spiro atoms. The van der Waals surface area contributed by atoms with Gasteiger partial charge in [0.25, 0.3) is 10.0 Å². The number of hydrazine groups is 1. The van der Waals surface area contributed by atoms with Crippen LogP contribution >= 0.6 is 11.6 Å². The molecule has 0 saturated heterocycles. The Morgan fingerprint density at radius 2 is 1.81 bits per heavy atom. The van der Waals surface area contributed by atoms with E-state index < -0.39 is 33.4 Å². The summed E-state index contributed by atoms with van der Waals surface area (Å²) in [6, 6.07) is 11.4. The molecule has 1 aromatic heterocycles. The van der Waals surface area contributed by atoms with Crippen molar-refractivity contribution < 1.29 is 22.7 Å². The Labute approximate surface area is 216 Å². The van der Waals surface area contributed by atoms with Gasteiger partial charge >= 0.3 is 5.97 Å². The minimum Gasteiger partial charge on any atom is -0.459 e. The monoisotopic (exact) mass is 533 g/mol. The number of hydrogen-bond donors (Lipinski definition) is 3. The first-order valence-corrected chi connectivity index (χ1v) is 13.5. The summed E-state index contributed by atoms with van der Waals surface area (Å²) >= 11 is 6.27. The molecule has 1 atom stereocenters. The molecule has 0 fully saturated rings. The predicted octanol–water partition coefficient (Wildman–Crippen LogP) is 5.04. The third kappa shape index (κ3) is 7.09. The molecule has 2 aromatic carbocycles. The Hall–Kier alpha value is -2.88. The summed E-state index contributed by atoms with van der Waals surface area (Å²) in [6.07, 6.45) is 2.56. The molecule has 194 valence electrons. The Bertz CT molecular complexity index is 1360. The lowest BCUT2D eigenvalue weighted by molar-refractivity contribution is -0.155. The van der Waals surface area contributed by atoms with Crippen LogP contribution in [0.4, 0.5) is 0 Å². The minimum atomic E-state index is -4.26. The van der Waals surface area contributed by atoms with Gasteiger partial charge < -0.3 is 9.72 Å². The number of ether oxygens (including phenoxy) is 1. The summed E-state index contributed by atoms with van der Waals surface area (Å²) in [4.78, 5) is 30.7. The van der Waals surface area contributed by atoms with Crippen LogP contribution in [0.25, 0.3) is 10.9 Å². The van der Waals surface area contributed by atoms with Gasteiger partial charge in [0.2, 0.25) is 5.91 Å². The number of carbonyl (C=O) groups is 2. The van der Waals surface area contributed by atoms with Crippen LogP contribution in [0.3, 0.4) is 0 Å². The largest absolute Gasteiger partial charge is 0.459 e. The van der Waals surface area contributed by atoms with E-state index >= 15 is 0 Å². The molecule has 3 aromatic rings. The van der Waals surface area contributed by atoms with Gasteiger partial charge in [-0.2, -0.15) is 0 Å². The molecule has 3 N–H and O–H groups in total. The van der Waals surface area contributed by atoms with Crippen LogP contribution in [0.5, 0.6) is 0 Å². The van der Waals surface area contributed by atoms with Gasteiger partial charge in [-0.1, -0.05) is 31.5 Å². The zero-order valence-corrected chi connectivity index (χ0v) is 22.6. The first kappa shape index (κ1) is 27.7. The highest BCUT2D eigenvalue weighted by Gasteiger charge is 2.33. The second-order valence-corrected chi connectivity index (χ2v) is 12.1. The van der Waals surface area contributed by atoms with Crippen molar-refractivity contribution in [2.75, 3.05) is 0 Å². The third-order valence-corrected chi connectivity index (χ3v) is 6.96. The van der Waals surface area contributed by atoms with E-state index in [4.69, 9.17) is 16.3 Å². The van der Waals surface area contributed by atoms with Crippen molar-refractivity contribution in [3.63, 3.8) is 0 Å². The van der Waals surface area contributed by atoms with Crippen LogP contribution < -0.4 is 10.3 Å². The molecule has 3 rings (SSSR count). The number of rotatable bonds is 9. The van der Waals surface area contributed by atoms with Crippen molar-refractivity contribution in [1.82, 2.24) is 15.2 Å². The van der Waals surface area contributed by atoms with Crippen molar-refractivity contribution in [3.8, 4) is 0 Å². The maximum Gasteiger partial charge on any atom is 0.318 e. The number of aromatic amines is 1. The Morgan fingerprint density at radius 3 is 2.47 bits per heavy atom. The molecule has 0 radical (unpaired) electrons. The number of H-pyrrole nitrogens is 1. The lowest BCUT2D eigenvalue weighted by Crippen LogP contribution is -2.42. The van der Waals surface area contributed by atoms with Crippen LogP contribution in [0.2, 0.25) is 5.02 Å². The van der Waals surface area contributed by atoms with E-state index in [1.165, 1.54) is 18.2 Å². The number of nitrogens with one attached hydrogen (secondary N) is 3. The fraction of sp³-hybridized carbons (Fsp3) is 0.385. The van der Waals surface area contributed by atoms with E-state index in [2.05, 4.69) is 15.2 Å². The van der Waals surface area contributed by atoms with Gasteiger partial charge in [0.15, 0.2) is 0 Å². The van der Waals surface area contributed by atoms with Crippen LogP contribution in [0.15, 0.2) is 53.6 Å². The van der Waals surface area contributed by atoms with Crippen molar-refractivity contribution >= 4 is 44.4 Å². The normalized spacial score (nSPS) is 13.1. The number of benzene rings is 2. The summed E-state index contributed by atoms with van der Waals surface area (Å²) < 4.78 is 32.3. The zero-order chi connectivity index (χ0) is 26.7. The second-order valence-electron chi connectivity index (χ2n) is 10.1. The number of fused-ring (bicyclic) bond motifs is 1. The number of amides is 1. The van der Waals surface area contributed by atoms with Gasteiger partial charge in [0.1, 0.15) is 11.5 Å². The van der Waals surface area contributed by atoms with E-state index in [1.807, 2.05) is 26.0 Å². The summed E-state index contributed by atoms with van der Waals surface area (Å²) in [7, 11) is -4.26. The summed E-state index contributed by atoms with van der Waals surface area (Å²) in [6.45, 7) is 9.15. The molecule has 8 nitrogen and oxygen atoms in total. The predicted molar refractivity (Wildman–Crippen MR) is 140 cm³/mol. The number of sulfonamides is 1. The smallest absolute Gasteiger partial charge is 0.318 e. The van der Waals surface area contributed by atoms with Crippen molar-refractivity contribution in [2.45, 2.75) is 63.9 Å². The van der Waals surface area contributed by atoms with Crippen molar-refractivity contribution in [2.24, 2.45) is 5.92 Å². The molecule has 1 unspecified atom stereocenters. The lowest BCUT2D eigenvalue weighted by atomic mass is 9.90. The van der Waals surface area contributed by atoms with Gasteiger partial charge in [-0.15, -0.1) is 4.83 Å². The third-order valence-electron chi connectivity index (χ3n) is 5.40. The molecule has 1 amide bonds. The highest BCUT2D eigenvalue weighted by molar-refractivity contribution is 7.89. The van der Waals surface area contributed by atoms with Gasteiger partial charge in [0.05, 0.1) is 4.90 Å². The molecule has 0 aliphatic heterocycles. The van der Waals surface area contributed by atoms with Gasteiger partial charge in [-0.25, -0.2) is 8.42 Å². The fourth-order valence-electron chi connectivity index (χ4n) is 3.71. The first-order valence-electron chi connectivity index (χ1n) is 11.7. The zero-order valence-electron chi connectivity index (χ0n) is 21.0. The fourth-order valence-corrected chi connectivity index (χ4v) is 4.98. The molecule has 0 saturated carbocycles. The molecule has 0 aliphatic rings. The van der Waals surface area contributed by atoms with Crippen LogP contribution in [0.1, 0.15) is 64.5 Å². The maximum absolute atomic E-state index is 13.5. The molecule has 1 heterocycles. The number of halogens is 1. The Kier molecular flexibility index (Phi) is 8.48. The quantitative estimate of drug-likeness (QED) is 0.263. The average Bonchev–Trinajstić information content (AvgIpc) is 3.23. The maximum atomic E-state index is 13.5.